The molecule has 0 radical (unpaired) electrons. The van der Waals surface area contributed by atoms with Crippen LogP contribution in [0.5, 0.6) is 5.88 Å². The first kappa shape index (κ1) is 14.7. The van der Waals surface area contributed by atoms with Gasteiger partial charge in [-0.3, -0.25) is 4.79 Å². The third kappa shape index (κ3) is 3.39. The number of amides is 1. The molecule has 2 saturated heterocycles. The van der Waals surface area contributed by atoms with Crippen LogP contribution >= 0.6 is 0 Å². The molecule has 0 aromatic carbocycles. The minimum atomic E-state index is 0.0325. The average molecular weight is 318 g/mol. The molecule has 1 saturated carbocycles. The first-order valence-electron chi connectivity index (χ1n) is 8.40. The van der Waals surface area contributed by atoms with E-state index >= 15 is 0 Å². The number of likely N-dealkylation sites (tertiary alicyclic amines) is 1. The topological polar surface area (TPSA) is 67.8 Å². The molecule has 1 aromatic heterocycles. The lowest BCUT2D eigenvalue weighted by atomic mass is 10.3. The van der Waals surface area contributed by atoms with Crippen LogP contribution in [0.3, 0.4) is 0 Å². The number of aromatic nitrogens is 2. The molecule has 3 heterocycles. The maximum atomic E-state index is 12.1. The molecule has 1 atom stereocenters. The first-order valence-corrected chi connectivity index (χ1v) is 8.40. The second-order valence-electron chi connectivity index (χ2n) is 6.40. The maximum Gasteiger partial charge on any atom is 0.225 e. The molecule has 0 N–H and O–H groups in total. The maximum absolute atomic E-state index is 12.1. The summed E-state index contributed by atoms with van der Waals surface area (Å²) in [5.74, 6) is 2.04. The third-order valence-electron chi connectivity index (χ3n) is 4.63. The molecular weight excluding hydrogens is 296 g/mol. The normalized spacial score (nSPS) is 24.8. The Morgan fingerprint density at radius 1 is 1.17 bits per heavy atom. The van der Waals surface area contributed by atoms with E-state index in [1.807, 2.05) is 11.0 Å². The Morgan fingerprint density at radius 2 is 2.00 bits per heavy atom. The Bertz CT molecular complexity index is 572. The molecule has 7 nitrogen and oxygen atoms in total. The fraction of sp³-hybridized carbons (Fsp3) is 0.688. The zero-order chi connectivity index (χ0) is 15.6. The number of carbonyl (C=O) groups is 1. The molecule has 7 heteroatoms. The molecule has 124 valence electrons. The molecule has 3 aliphatic rings. The summed E-state index contributed by atoms with van der Waals surface area (Å²) in [7, 11) is 0. The molecule has 1 aromatic rings. The van der Waals surface area contributed by atoms with E-state index in [0.717, 1.165) is 57.9 Å². The molecule has 2 aliphatic heterocycles. The lowest BCUT2D eigenvalue weighted by molar-refractivity contribution is -0.131. The summed E-state index contributed by atoms with van der Waals surface area (Å²) >= 11 is 0. The SMILES string of the molecule is O=C(C1CC1)N1CCC(Oc2cc(N3CCOCC3)ncn2)C1. The van der Waals surface area contributed by atoms with E-state index in [1.54, 1.807) is 6.33 Å². The van der Waals surface area contributed by atoms with Crippen LogP contribution in [0.2, 0.25) is 0 Å². The standard InChI is InChI=1S/C16H22N4O3/c21-16(12-1-2-12)20-4-3-13(10-20)23-15-9-14(17-11-18-15)19-5-7-22-8-6-19/h9,11-13H,1-8,10H2. The second kappa shape index (κ2) is 6.31. The van der Waals surface area contributed by atoms with Gasteiger partial charge in [-0.25, -0.2) is 9.97 Å². The van der Waals surface area contributed by atoms with Crippen LogP contribution in [0, 0.1) is 5.92 Å². The zero-order valence-corrected chi connectivity index (χ0v) is 13.2. The molecule has 0 spiro atoms. The smallest absolute Gasteiger partial charge is 0.225 e. The highest BCUT2D eigenvalue weighted by atomic mass is 16.5. The molecule has 0 bridgehead atoms. The number of hydrogen-bond acceptors (Lipinski definition) is 6. The van der Waals surface area contributed by atoms with Gasteiger partial charge in [-0.2, -0.15) is 0 Å². The highest BCUT2D eigenvalue weighted by Crippen LogP contribution is 2.32. The van der Waals surface area contributed by atoms with Gasteiger partial charge in [-0.15, -0.1) is 0 Å². The molecular formula is C16H22N4O3. The van der Waals surface area contributed by atoms with Crippen LogP contribution < -0.4 is 9.64 Å². The predicted molar refractivity (Wildman–Crippen MR) is 83.4 cm³/mol. The van der Waals surface area contributed by atoms with E-state index in [2.05, 4.69) is 14.9 Å². The van der Waals surface area contributed by atoms with E-state index in [9.17, 15) is 4.79 Å². The summed E-state index contributed by atoms with van der Waals surface area (Å²) in [6, 6.07) is 1.89. The van der Waals surface area contributed by atoms with Crippen LogP contribution in [0.1, 0.15) is 19.3 Å². The number of carbonyl (C=O) groups excluding carboxylic acids is 1. The van der Waals surface area contributed by atoms with Crippen molar-refractivity contribution in [2.24, 2.45) is 5.92 Å². The zero-order valence-electron chi connectivity index (χ0n) is 13.2. The number of hydrogen-bond donors (Lipinski definition) is 0. The van der Waals surface area contributed by atoms with Gasteiger partial charge in [0.1, 0.15) is 18.2 Å². The van der Waals surface area contributed by atoms with Crippen molar-refractivity contribution in [2.45, 2.75) is 25.4 Å². The molecule has 3 fully saturated rings. The average Bonchev–Trinajstić information content (AvgIpc) is 3.35. The summed E-state index contributed by atoms with van der Waals surface area (Å²) in [6.07, 6.45) is 4.55. The number of morpholine rings is 1. The van der Waals surface area contributed by atoms with Crippen LogP contribution in [-0.2, 0) is 9.53 Å². The summed E-state index contributed by atoms with van der Waals surface area (Å²) in [6.45, 7) is 4.59. The van der Waals surface area contributed by atoms with Gasteiger partial charge in [0.15, 0.2) is 0 Å². The van der Waals surface area contributed by atoms with Gasteiger partial charge in [0, 0.05) is 38.0 Å². The van der Waals surface area contributed by atoms with Gasteiger partial charge in [0.05, 0.1) is 19.8 Å². The van der Waals surface area contributed by atoms with Crippen LogP contribution in [0.4, 0.5) is 5.82 Å². The summed E-state index contributed by atoms with van der Waals surface area (Å²) in [5.41, 5.74) is 0. The van der Waals surface area contributed by atoms with Crippen molar-refractivity contribution in [1.82, 2.24) is 14.9 Å². The minimum absolute atomic E-state index is 0.0325. The predicted octanol–water partition coefficient (Wildman–Crippen LogP) is 0.703. The van der Waals surface area contributed by atoms with Crippen LogP contribution in [0.25, 0.3) is 0 Å². The van der Waals surface area contributed by atoms with Crippen LogP contribution in [-0.4, -0.2) is 66.3 Å². The number of nitrogens with zero attached hydrogens (tertiary/aromatic N) is 4. The van der Waals surface area contributed by atoms with Gasteiger partial charge >= 0.3 is 0 Å². The summed E-state index contributed by atoms with van der Waals surface area (Å²) < 4.78 is 11.3. The lowest BCUT2D eigenvalue weighted by Gasteiger charge is -2.27. The summed E-state index contributed by atoms with van der Waals surface area (Å²) in [4.78, 5) is 24.8. The van der Waals surface area contributed by atoms with Crippen molar-refractivity contribution >= 4 is 11.7 Å². The summed E-state index contributed by atoms with van der Waals surface area (Å²) in [5, 5.41) is 0. The number of anilines is 1. The Hall–Kier alpha value is -1.89. The Kier molecular flexibility index (Phi) is 4.03. The van der Waals surface area contributed by atoms with Gasteiger partial charge in [-0.1, -0.05) is 0 Å². The van der Waals surface area contributed by atoms with E-state index in [1.165, 1.54) is 0 Å². The van der Waals surface area contributed by atoms with Crippen molar-refractivity contribution < 1.29 is 14.3 Å². The van der Waals surface area contributed by atoms with Gasteiger partial charge in [0.2, 0.25) is 11.8 Å². The second-order valence-corrected chi connectivity index (χ2v) is 6.40. The minimum Gasteiger partial charge on any atom is -0.472 e. The van der Waals surface area contributed by atoms with Gasteiger partial charge < -0.3 is 19.3 Å². The molecule has 4 rings (SSSR count). The van der Waals surface area contributed by atoms with E-state index in [-0.39, 0.29) is 12.0 Å². The Labute approximate surface area is 135 Å². The molecule has 23 heavy (non-hydrogen) atoms. The highest BCUT2D eigenvalue weighted by molar-refractivity contribution is 5.81. The van der Waals surface area contributed by atoms with E-state index < -0.39 is 0 Å². The van der Waals surface area contributed by atoms with Gasteiger partial charge in [0.25, 0.3) is 0 Å². The molecule has 1 amide bonds. The Morgan fingerprint density at radius 3 is 2.78 bits per heavy atom. The van der Waals surface area contributed by atoms with Crippen LogP contribution in [0.15, 0.2) is 12.4 Å². The van der Waals surface area contributed by atoms with Crippen molar-refractivity contribution in [3.63, 3.8) is 0 Å². The van der Waals surface area contributed by atoms with Gasteiger partial charge in [-0.05, 0) is 12.8 Å². The quantitative estimate of drug-likeness (QED) is 0.814. The van der Waals surface area contributed by atoms with E-state index in [0.29, 0.717) is 18.3 Å². The van der Waals surface area contributed by atoms with Crippen molar-refractivity contribution in [3.8, 4) is 5.88 Å². The first-order chi connectivity index (χ1) is 11.3. The fourth-order valence-electron chi connectivity index (χ4n) is 3.14. The number of ether oxygens (including phenoxy) is 2. The monoisotopic (exact) mass is 318 g/mol. The number of rotatable bonds is 4. The highest BCUT2D eigenvalue weighted by Gasteiger charge is 2.37. The molecule has 1 unspecified atom stereocenters. The van der Waals surface area contributed by atoms with Crippen molar-refractivity contribution in [2.75, 3.05) is 44.3 Å². The fourth-order valence-corrected chi connectivity index (χ4v) is 3.14. The third-order valence-corrected chi connectivity index (χ3v) is 4.63. The lowest BCUT2D eigenvalue weighted by Crippen LogP contribution is -2.36. The van der Waals surface area contributed by atoms with E-state index in [4.69, 9.17) is 9.47 Å². The van der Waals surface area contributed by atoms with Crippen molar-refractivity contribution in [3.05, 3.63) is 12.4 Å². The largest absolute Gasteiger partial charge is 0.472 e. The Balaban J connectivity index is 1.36. The van der Waals surface area contributed by atoms with Crippen molar-refractivity contribution in [1.29, 1.82) is 0 Å². The molecule has 1 aliphatic carbocycles.